The highest BCUT2D eigenvalue weighted by molar-refractivity contribution is 5.95. The van der Waals surface area contributed by atoms with Gasteiger partial charge >= 0.3 is 0 Å². The Morgan fingerprint density at radius 2 is 1.97 bits per heavy atom. The number of hydrogen-bond donors (Lipinski definition) is 1. The van der Waals surface area contributed by atoms with Crippen molar-refractivity contribution in [2.75, 3.05) is 0 Å². The number of hydrogen-bond acceptors (Lipinski definition) is 4. The number of nitrogens with one attached hydrogen (secondary N) is 1. The minimum absolute atomic E-state index is 0.229. The number of rotatable bonds is 5. The molecule has 7 nitrogen and oxygen atoms in total. The third-order valence-corrected chi connectivity index (χ3v) is 5.76. The van der Waals surface area contributed by atoms with E-state index >= 15 is 0 Å². The van der Waals surface area contributed by atoms with Crippen LogP contribution < -0.4 is 5.32 Å². The molecule has 0 spiro atoms. The molecule has 0 atom stereocenters. The highest BCUT2D eigenvalue weighted by Crippen LogP contribution is 2.37. The van der Waals surface area contributed by atoms with Crippen LogP contribution in [0.2, 0.25) is 0 Å². The van der Waals surface area contributed by atoms with Crippen molar-refractivity contribution in [2.24, 2.45) is 14.1 Å². The van der Waals surface area contributed by atoms with Crippen molar-refractivity contribution < 1.29 is 13.6 Å². The number of aromatic nitrogens is 5. The molecule has 0 unspecified atom stereocenters. The van der Waals surface area contributed by atoms with Crippen molar-refractivity contribution in [2.45, 2.75) is 31.2 Å². The molecule has 164 valence electrons. The molecule has 0 aliphatic heterocycles. The van der Waals surface area contributed by atoms with Crippen LogP contribution in [0.1, 0.15) is 34.5 Å². The first-order valence-electron chi connectivity index (χ1n) is 10.4. The SMILES string of the molecule is Cn1ccc(-c2ccc(Cc3cc(C(=O)NC4CC(F)(F)C4)nc4ccn(C)c34)cn2)n1. The van der Waals surface area contributed by atoms with Crippen LogP contribution in [0, 0.1) is 0 Å². The first-order chi connectivity index (χ1) is 15.3. The van der Waals surface area contributed by atoms with Gasteiger partial charge in [-0.05, 0) is 35.4 Å². The highest BCUT2D eigenvalue weighted by Gasteiger charge is 2.46. The Balaban J connectivity index is 1.41. The van der Waals surface area contributed by atoms with Gasteiger partial charge in [-0.15, -0.1) is 0 Å². The van der Waals surface area contributed by atoms with Gasteiger partial charge in [-0.2, -0.15) is 5.10 Å². The zero-order chi connectivity index (χ0) is 22.5. The molecule has 4 aromatic rings. The third-order valence-electron chi connectivity index (χ3n) is 5.76. The average Bonchev–Trinajstić information content (AvgIpc) is 3.33. The van der Waals surface area contributed by atoms with Crippen LogP contribution in [0.5, 0.6) is 0 Å². The van der Waals surface area contributed by atoms with Gasteiger partial charge in [0.05, 0.1) is 16.7 Å². The lowest BCUT2D eigenvalue weighted by Crippen LogP contribution is -2.50. The Kier molecular flexibility index (Phi) is 4.76. The number of amides is 1. The standard InChI is InChI=1S/C23H22F2N6O/c1-30-7-5-19-21(30)15(10-20(28-19)22(32)27-16-11-23(24,25)12-16)9-14-3-4-17(26-13-14)18-6-8-31(2)29-18/h3-8,10,13,16H,9,11-12H2,1-2H3,(H,27,32). The number of carbonyl (C=O) groups is 1. The van der Waals surface area contributed by atoms with E-state index in [0.29, 0.717) is 11.9 Å². The minimum Gasteiger partial charge on any atom is -0.349 e. The van der Waals surface area contributed by atoms with Crippen molar-refractivity contribution in [1.82, 2.24) is 29.6 Å². The van der Waals surface area contributed by atoms with E-state index in [4.69, 9.17) is 0 Å². The summed E-state index contributed by atoms with van der Waals surface area (Å²) in [4.78, 5) is 21.7. The van der Waals surface area contributed by atoms with E-state index in [1.165, 1.54) is 0 Å². The lowest BCUT2D eigenvalue weighted by Gasteiger charge is -2.35. The Bertz CT molecular complexity index is 1300. The van der Waals surface area contributed by atoms with Gasteiger partial charge in [-0.3, -0.25) is 14.5 Å². The number of fused-ring (bicyclic) bond motifs is 1. The lowest BCUT2D eigenvalue weighted by molar-refractivity contribution is -0.0901. The van der Waals surface area contributed by atoms with Crippen LogP contribution in [0.4, 0.5) is 8.78 Å². The Labute approximate surface area is 183 Å². The fourth-order valence-corrected chi connectivity index (χ4v) is 4.12. The predicted octanol–water partition coefficient (Wildman–Crippen LogP) is 3.49. The van der Waals surface area contributed by atoms with Gasteiger partial charge in [0.1, 0.15) is 11.4 Å². The second-order valence-electron chi connectivity index (χ2n) is 8.36. The molecule has 0 saturated heterocycles. The molecule has 1 fully saturated rings. The van der Waals surface area contributed by atoms with Gasteiger partial charge in [0.2, 0.25) is 0 Å². The van der Waals surface area contributed by atoms with Crippen LogP contribution >= 0.6 is 0 Å². The Hall–Kier alpha value is -3.62. The first kappa shape index (κ1) is 20.3. The van der Waals surface area contributed by atoms with Crippen LogP contribution in [0.15, 0.2) is 48.9 Å². The number of nitrogens with zero attached hydrogens (tertiary/aromatic N) is 5. The summed E-state index contributed by atoms with van der Waals surface area (Å²) in [5.74, 6) is -3.12. The van der Waals surface area contributed by atoms with E-state index in [1.54, 1.807) is 16.9 Å². The number of aryl methyl sites for hydroxylation is 2. The molecule has 0 radical (unpaired) electrons. The molecule has 4 aromatic heterocycles. The van der Waals surface area contributed by atoms with Crippen molar-refractivity contribution >= 4 is 16.9 Å². The zero-order valence-electron chi connectivity index (χ0n) is 17.7. The molecular formula is C23H22F2N6O. The van der Waals surface area contributed by atoms with Crippen molar-refractivity contribution in [1.29, 1.82) is 0 Å². The topological polar surface area (TPSA) is 77.6 Å². The third kappa shape index (κ3) is 3.86. The van der Waals surface area contributed by atoms with Gasteiger partial charge in [-0.1, -0.05) is 6.07 Å². The number of carbonyl (C=O) groups excluding carboxylic acids is 1. The van der Waals surface area contributed by atoms with Gasteiger partial charge < -0.3 is 9.88 Å². The van der Waals surface area contributed by atoms with E-state index in [2.05, 4.69) is 20.4 Å². The summed E-state index contributed by atoms with van der Waals surface area (Å²) in [7, 11) is 3.78. The Morgan fingerprint density at radius 3 is 2.62 bits per heavy atom. The summed E-state index contributed by atoms with van der Waals surface area (Å²) in [5.41, 5.74) is 5.31. The summed E-state index contributed by atoms with van der Waals surface area (Å²) in [5, 5.41) is 7.04. The molecule has 9 heteroatoms. The van der Waals surface area contributed by atoms with Crippen molar-refractivity contribution in [3.63, 3.8) is 0 Å². The Morgan fingerprint density at radius 1 is 1.16 bits per heavy atom. The van der Waals surface area contributed by atoms with Gasteiger partial charge in [0, 0.05) is 58.0 Å². The molecule has 32 heavy (non-hydrogen) atoms. The van der Waals surface area contributed by atoms with E-state index in [1.807, 2.05) is 55.3 Å². The lowest BCUT2D eigenvalue weighted by atomic mass is 9.88. The summed E-state index contributed by atoms with van der Waals surface area (Å²) in [6, 6.07) is 8.88. The second kappa shape index (κ2) is 7.51. The predicted molar refractivity (Wildman–Crippen MR) is 115 cm³/mol. The summed E-state index contributed by atoms with van der Waals surface area (Å²) in [6.45, 7) is 0. The molecule has 0 aromatic carbocycles. The van der Waals surface area contributed by atoms with Crippen LogP contribution in [0.3, 0.4) is 0 Å². The van der Waals surface area contributed by atoms with Gasteiger partial charge in [-0.25, -0.2) is 13.8 Å². The summed E-state index contributed by atoms with van der Waals surface area (Å²) in [6.07, 6.45) is 5.45. The molecule has 1 saturated carbocycles. The average molecular weight is 436 g/mol. The number of halogens is 2. The maximum absolute atomic E-state index is 13.1. The number of pyridine rings is 2. The highest BCUT2D eigenvalue weighted by atomic mass is 19.3. The van der Waals surface area contributed by atoms with E-state index in [0.717, 1.165) is 28.0 Å². The largest absolute Gasteiger partial charge is 0.349 e. The molecule has 0 bridgehead atoms. The van der Waals surface area contributed by atoms with Gasteiger partial charge in [0.25, 0.3) is 11.8 Å². The van der Waals surface area contributed by atoms with E-state index in [9.17, 15) is 13.6 Å². The summed E-state index contributed by atoms with van der Waals surface area (Å²) >= 11 is 0. The molecule has 1 amide bonds. The maximum Gasteiger partial charge on any atom is 0.270 e. The zero-order valence-corrected chi connectivity index (χ0v) is 17.7. The van der Waals surface area contributed by atoms with Crippen LogP contribution in [0.25, 0.3) is 22.4 Å². The molecule has 1 aliphatic carbocycles. The van der Waals surface area contributed by atoms with E-state index < -0.39 is 17.9 Å². The van der Waals surface area contributed by atoms with Crippen LogP contribution in [-0.4, -0.2) is 42.2 Å². The molecule has 1 aliphatic rings. The molecule has 1 N–H and O–H groups in total. The van der Waals surface area contributed by atoms with Crippen LogP contribution in [-0.2, 0) is 20.5 Å². The van der Waals surface area contributed by atoms with Crippen molar-refractivity contribution in [3.05, 3.63) is 65.7 Å². The minimum atomic E-state index is -2.69. The van der Waals surface area contributed by atoms with Gasteiger partial charge in [0.15, 0.2) is 0 Å². The second-order valence-corrected chi connectivity index (χ2v) is 8.36. The fourth-order valence-electron chi connectivity index (χ4n) is 4.12. The molecular weight excluding hydrogens is 414 g/mol. The smallest absolute Gasteiger partial charge is 0.270 e. The number of alkyl halides is 2. The fraction of sp³-hybridized carbons (Fsp3) is 0.304. The quantitative estimate of drug-likeness (QED) is 0.520. The monoisotopic (exact) mass is 436 g/mol. The molecule has 4 heterocycles. The summed E-state index contributed by atoms with van der Waals surface area (Å²) < 4.78 is 29.9. The normalized spacial score (nSPS) is 15.6. The molecule has 5 rings (SSSR count). The first-order valence-corrected chi connectivity index (χ1v) is 10.4. The van der Waals surface area contributed by atoms with Crippen molar-refractivity contribution in [3.8, 4) is 11.4 Å². The maximum atomic E-state index is 13.1. The van der Waals surface area contributed by atoms with E-state index in [-0.39, 0.29) is 18.5 Å².